The molecule has 0 saturated heterocycles. The van der Waals surface area contributed by atoms with Gasteiger partial charge in [0.1, 0.15) is 5.84 Å². The average molecular weight is 267 g/mol. The summed E-state index contributed by atoms with van der Waals surface area (Å²) in [6.07, 6.45) is 5.41. The molecular weight excluding hydrogens is 242 g/mol. The first-order valence-electron chi connectivity index (χ1n) is 7.33. The molecule has 19 heavy (non-hydrogen) atoms. The standard InChI is InChI=1S/C14H25N3O2/c1-9(2)17(8-7-12(15)16-19)14(18)13-10-5-3-4-6-11(10)13/h9-11,13,19H,3-8H2,1-2H3,(H2,15,16). The van der Waals surface area contributed by atoms with Crippen LogP contribution in [-0.2, 0) is 4.79 Å². The second kappa shape index (κ2) is 5.80. The lowest BCUT2D eigenvalue weighted by Gasteiger charge is -2.27. The number of rotatable bonds is 5. The van der Waals surface area contributed by atoms with Gasteiger partial charge in [0.25, 0.3) is 0 Å². The minimum Gasteiger partial charge on any atom is -0.409 e. The maximum Gasteiger partial charge on any atom is 0.226 e. The van der Waals surface area contributed by atoms with Crippen LogP contribution >= 0.6 is 0 Å². The Morgan fingerprint density at radius 3 is 2.42 bits per heavy atom. The van der Waals surface area contributed by atoms with Crippen molar-refractivity contribution < 1.29 is 10.0 Å². The van der Waals surface area contributed by atoms with Crippen molar-refractivity contribution in [2.75, 3.05) is 6.54 Å². The normalized spacial score (nSPS) is 30.1. The minimum absolute atomic E-state index is 0.168. The van der Waals surface area contributed by atoms with Crippen LogP contribution in [0.1, 0.15) is 46.0 Å². The highest BCUT2D eigenvalue weighted by Gasteiger charge is 2.55. The minimum atomic E-state index is 0.168. The molecule has 0 heterocycles. The van der Waals surface area contributed by atoms with E-state index < -0.39 is 0 Å². The molecule has 2 unspecified atom stereocenters. The summed E-state index contributed by atoms with van der Waals surface area (Å²) in [4.78, 5) is 14.5. The lowest BCUT2D eigenvalue weighted by Crippen LogP contribution is -2.40. The van der Waals surface area contributed by atoms with Gasteiger partial charge in [-0.25, -0.2) is 0 Å². The molecule has 2 aliphatic rings. The first-order chi connectivity index (χ1) is 9.06. The van der Waals surface area contributed by atoms with E-state index in [1.807, 2.05) is 18.7 Å². The van der Waals surface area contributed by atoms with Crippen molar-refractivity contribution in [3.8, 4) is 0 Å². The summed E-state index contributed by atoms with van der Waals surface area (Å²) in [7, 11) is 0. The highest BCUT2D eigenvalue weighted by Crippen LogP contribution is 2.56. The third-order valence-electron chi connectivity index (χ3n) is 4.59. The molecular formula is C14H25N3O2. The summed E-state index contributed by atoms with van der Waals surface area (Å²) >= 11 is 0. The Morgan fingerprint density at radius 1 is 1.37 bits per heavy atom. The molecule has 0 aliphatic heterocycles. The zero-order valence-electron chi connectivity index (χ0n) is 11.9. The first-order valence-corrected chi connectivity index (χ1v) is 7.33. The molecule has 108 valence electrons. The number of nitrogens with two attached hydrogens (primary N) is 1. The van der Waals surface area contributed by atoms with E-state index in [9.17, 15) is 4.79 Å². The number of oxime groups is 1. The quantitative estimate of drug-likeness (QED) is 0.345. The second-order valence-corrected chi connectivity index (χ2v) is 6.10. The molecule has 0 aromatic heterocycles. The third kappa shape index (κ3) is 3.01. The Bertz CT molecular complexity index is 356. The zero-order valence-corrected chi connectivity index (χ0v) is 11.9. The van der Waals surface area contributed by atoms with Crippen molar-refractivity contribution in [3.63, 3.8) is 0 Å². The summed E-state index contributed by atoms with van der Waals surface area (Å²) in [5, 5.41) is 11.5. The van der Waals surface area contributed by atoms with Gasteiger partial charge in [-0.1, -0.05) is 18.0 Å². The molecule has 5 nitrogen and oxygen atoms in total. The van der Waals surface area contributed by atoms with Crippen molar-refractivity contribution >= 4 is 11.7 Å². The Balaban J connectivity index is 1.93. The molecule has 2 atom stereocenters. The van der Waals surface area contributed by atoms with E-state index in [1.54, 1.807) is 0 Å². The number of hydrogen-bond donors (Lipinski definition) is 2. The summed E-state index contributed by atoms with van der Waals surface area (Å²) in [5.41, 5.74) is 5.49. The van der Waals surface area contributed by atoms with E-state index in [0.717, 1.165) is 0 Å². The molecule has 0 aromatic carbocycles. The summed E-state index contributed by atoms with van der Waals surface area (Å²) in [6, 6.07) is 0.168. The molecule has 0 spiro atoms. The summed E-state index contributed by atoms with van der Waals surface area (Å²) < 4.78 is 0. The van der Waals surface area contributed by atoms with E-state index >= 15 is 0 Å². The van der Waals surface area contributed by atoms with E-state index in [-0.39, 0.29) is 23.7 Å². The van der Waals surface area contributed by atoms with Gasteiger partial charge in [-0.3, -0.25) is 4.79 Å². The average Bonchev–Trinajstić information content (AvgIpc) is 3.12. The molecule has 0 aromatic rings. The topological polar surface area (TPSA) is 78.9 Å². The largest absolute Gasteiger partial charge is 0.409 e. The van der Waals surface area contributed by atoms with Gasteiger partial charge in [0.2, 0.25) is 5.91 Å². The second-order valence-electron chi connectivity index (χ2n) is 6.10. The number of carbonyl (C=O) groups excluding carboxylic acids is 1. The Labute approximate surface area is 114 Å². The number of nitrogens with zero attached hydrogens (tertiary/aromatic N) is 2. The van der Waals surface area contributed by atoms with Crippen LogP contribution in [0.25, 0.3) is 0 Å². The van der Waals surface area contributed by atoms with E-state index in [4.69, 9.17) is 10.9 Å². The maximum absolute atomic E-state index is 12.6. The monoisotopic (exact) mass is 267 g/mol. The lowest BCUT2D eigenvalue weighted by atomic mass is 10.0. The molecule has 2 fully saturated rings. The maximum atomic E-state index is 12.6. The van der Waals surface area contributed by atoms with Crippen molar-refractivity contribution in [2.45, 2.75) is 52.0 Å². The molecule has 3 N–H and O–H groups in total. The fraction of sp³-hybridized carbons (Fsp3) is 0.857. The van der Waals surface area contributed by atoms with Crippen molar-refractivity contribution in [1.29, 1.82) is 0 Å². The zero-order chi connectivity index (χ0) is 14.0. The van der Waals surface area contributed by atoms with Crippen LogP contribution in [0.4, 0.5) is 0 Å². The molecule has 2 rings (SSSR count). The Hall–Kier alpha value is -1.26. The number of amidine groups is 1. The van der Waals surface area contributed by atoms with Gasteiger partial charge in [0.05, 0.1) is 0 Å². The predicted octanol–water partition coefficient (Wildman–Crippen LogP) is 1.80. The molecule has 5 heteroatoms. The molecule has 1 amide bonds. The van der Waals surface area contributed by atoms with Crippen LogP contribution in [0, 0.1) is 17.8 Å². The van der Waals surface area contributed by atoms with Crippen LogP contribution in [-0.4, -0.2) is 34.4 Å². The molecule has 0 radical (unpaired) electrons. The summed E-state index contributed by atoms with van der Waals surface area (Å²) in [5.74, 6) is 1.97. The smallest absolute Gasteiger partial charge is 0.226 e. The number of hydrogen-bond acceptors (Lipinski definition) is 3. The van der Waals surface area contributed by atoms with Gasteiger partial charge in [-0.05, 0) is 38.5 Å². The fourth-order valence-electron chi connectivity index (χ4n) is 3.46. The highest BCUT2D eigenvalue weighted by molar-refractivity contribution is 5.84. The van der Waals surface area contributed by atoms with Crippen molar-refractivity contribution in [2.24, 2.45) is 28.6 Å². The van der Waals surface area contributed by atoms with Gasteiger partial charge in [0, 0.05) is 24.9 Å². The SMILES string of the molecule is CC(C)N(CCC(N)=NO)C(=O)C1C2CCCCC21. The Morgan fingerprint density at radius 2 is 1.95 bits per heavy atom. The van der Waals surface area contributed by atoms with Crippen LogP contribution < -0.4 is 5.73 Å². The van der Waals surface area contributed by atoms with E-state index in [1.165, 1.54) is 25.7 Å². The van der Waals surface area contributed by atoms with Crippen LogP contribution in [0.2, 0.25) is 0 Å². The predicted molar refractivity (Wildman–Crippen MR) is 73.8 cm³/mol. The number of carbonyl (C=O) groups is 1. The van der Waals surface area contributed by atoms with Crippen LogP contribution in [0.15, 0.2) is 5.16 Å². The van der Waals surface area contributed by atoms with Crippen LogP contribution in [0.3, 0.4) is 0 Å². The van der Waals surface area contributed by atoms with Gasteiger partial charge in [-0.2, -0.15) is 0 Å². The van der Waals surface area contributed by atoms with Crippen molar-refractivity contribution in [1.82, 2.24) is 4.90 Å². The molecule has 2 aliphatic carbocycles. The van der Waals surface area contributed by atoms with Gasteiger partial charge in [0.15, 0.2) is 0 Å². The highest BCUT2D eigenvalue weighted by atomic mass is 16.4. The lowest BCUT2D eigenvalue weighted by molar-refractivity contribution is -0.134. The van der Waals surface area contributed by atoms with Gasteiger partial charge >= 0.3 is 0 Å². The van der Waals surface area contributed by atoms with Gasteiger partial charge < -0.3 is 15.8 Å². The number of amides is 1. The van der Waals surface area contributed by atoms with Gasteiger partial charge in [-0.15, -0.1) is 0 Å². The van der Waals surface area contributed by atoms with Crippen LogP contribution in [0.5, 0.6) is 0 Å². The number of fused-ring (bicyclic) bond motifs is 1. The van der Waals surface area contributed by atoms with E-state index in [2.05, 4.69) is 5.16 Å². The third-order valence-corrected chi connectivity index (χ3v) is 4.59. The van der Waals surface area contributed by atoms with E-state index in [0.29, 0.717) is 24.8 Å². The molecule has 2 saturated carbocycles. The fourth-order valence-corrected chi connectivity index (χ4v) is 3.46. The van der Waals surface area contributed by atoms with Crippen molar-refractivity contribution in [3.05, 3.63) is 0 Å². The molecule has 0 bridgehead atoms. The summed E-state index contributed by atoms with van der Waals surface area (Å²) in [6.45, 7) is 4.59. The Kier molecular flexibility index (Phi) is 4.32. The first kappa shape index (κ1) is 14.2.